The Morgan fingerprint density at radius 3 is 2.00 bits per heavy atom. The first-order chi connectivity index (χ1) is 12.7. The molecule has 0 aliphatic carbocycles. The van der Waals surface area contributed by atoms with Crippen LogP contribution in [0.3, 0.4) is 0 Å². The summed E-state index contributed by atoms with van der Waals surface area (Å²) >= 11 is 0. The van der Waals surface area contributed by atoms with Crippen molar-refractivity contribution in [3.63, 3.8) is 0 Å². The molecular formula is C21H25N3O2. The van der Waals surface area contributed by atoms with Gasteiger partial charge in [0.2, 0.25) is 0 Å². The average Bonchev–Trinajstić information content (AvgIpc) is 2.92. The maximum Gasteiger partial charge on any atom is 0.261 e. The zero-order valence-corrected chi connectivity index (χ0v) is 14.9. The first-order valence-electron chi connectivity index (χ1n) is 9.12. The van der Waals surface area contributed by atoms with E-state index in [0.717, 1.165) is 32.5 Å². The maximum absolute atomic E-state index is 12.4. The van der Waals surface area contributed by atoms with Gasteiger partial charge in [0.05, 0.1) is 11.1 Å². The average molecular weight is 351 g/mol. The molecule has 1 aliphatic rings. The summed E-state index contributed by atoms with van der Waals surface area (Å²) in [6, 6.07) is 17.3. The van der Waals surface area contributed by atoms with E-state index in [4.69, 9.17) is 5.73 Å². The summed E-state index contributed by atoms with van der Waals surface area (Å²) < 4.78 is 0. The summed E-state index contributed by atoms with van der Waals surface area (Å²) in [5.74, 6) is -0.357. The van der Waals surface area contributed by atoms with Crippen molar-refractivity contribution >= 4 is 11.8 Å². The number of carbonyl (C=O) groups excluding carboxylic acids is 2. The minimum atomic E-state index is -0.179. The molecule has 0 atom stereocenters. The zero-order valence-electron chi connectivity index (χ0n) is 14.9. The lowest BCUT2D eigenvalue weighted by Gasteiger charge is -2.23. The van der Waals surface area contributed by atoms with E-state index in [1.54, 1.807) is 24.3 Å². The van der Waals surface area contributed by atoms with Gasteiger partial charge in [-0.15, -0.1) is 0 Å². The lowest BCUT2D eigenvalue weighted by molar-refractivity contribution is 0.0646. The number of nitrogens with zero attached hydrogens (tertiary/aromatic N) is 2. The lowest BCUT2D eigenvalue weighted by atomic mass is 10.1. The molecule has 2 aromatic carbocycles. The van der Waals surface area contributed by atoms with Crippen LogP contribution in [0.1, 0.15) is 39.1 Å². The number of rotatable bonds is 9. The molecule has 1 heterocycles. The molecule has 2 amide bonds. The van der Waals surface area contributed by atoms with Gasteiger partial charge in [0.15, 0.2) is 0 Å². The number of amides is 2. The van der Waals surface area contributed by atoms with E-state index in [2.05, 4.69) is 17.0 Å². The Kier molecular flexibility index (Phi) is 6.15. The van der Waals surface area contributed by atoms with Crippen LogP contribution < -0.4 is 5.73 Å². The van der Waals surface area contributed by atoms with E-state index in [9.17, 15) is 9.59 Å². The van der Waals surface area contributed by atoms with E-state index in [0.29, 0.717) is 24.2 Å². The molecule has 0 aromatic heterocycles. The predicted molar refractivity (Wildman–Crippen MR) is 102 cm³/mol. The highest BCUT2D eigenvalue weighted by molar-refractivity contribution is 6.21. The van der Waals surface area contributed by atoms with Gasteiger partial charge in [0.25, 0.3) is 11.8 Å². The second-order valence-corrected chi connectivity index (χ2v) is 6.57. The summed E-state index contributed by atoms with van der Waals surface area (Å²) in [6.07, 6.45) is 1.68. The summed E-state index contributed by atoms with van der Waals surface area (Å²) in [6.45, 7) is 3.68. The molecule has 0 unspecified atom stereocenters. The molecule has 136 valence electrons. The number of hydrogen-bond acceptors (Lipinski definition) is 4. The number of benzene rings is 2. The molecule has 0 saturated heterocycles. The van der Waals surface area contributed by atoms with Crippen LogP contribution in [0.15, 0.2) is 54.6 Å². The summed E-state index contributed by atoms with van der Waals surface area (Å²) in [5, 5.41) is 0. The lowest BCUT2D eigenvalue weighted by Crippen LogP contribution is -2.34. The highest BCUT2D eigenvalue weighted by atomic mass is 16.2. The van der Waals surface area contributed by atoms with Gasteiger partial charge in [0.1, 0.15) is 0 Å². The van der Waals surface area contributed by atoms with Crippen molar-refractivity contribution in [2.75, 3.05) is 26.2 Å². The fraction of sp³-hybridized carbons (Fsp3) is 0.333. The van der Waals surface area contributed by atoms with Crippen LogP contribution in [-0.4, -0.2) is 47.8 Å². The van der Waals surface area contributed by atoms with E-state index in [1.165, 1.54) is 10.5 Å². The highest BCUT2D eigenvalue weighted by Crippen LogP contribution is 2.22. The fourth-order valence-corrected chi connectivity index (χ4v) is 3.32. The van der Waals surface area contributed by atoms with E-state index < -0.39 is 0 Å². The van der Waals surface area contributed by atoms with Gasteiger partial charge < -0.3 is 5.73 Å². The molecule has 0 radical (unpaired) electrons. The first kappa shape index (κ1) is 18.3. The maximum atomic E-state index is 12.4. The van der Waals surface area contributed by atoms with Gasteiger partial charge in [-0.05, 0) is 43.6 Å². The van der Waals surface area contributed by atoms with Gasteiger partial charge in [-0.3, -0.25) is 19.4 Å². The van der Waals surface area contributed by atoms with Gasteiger partial charge in [-0.2, -0.15) is 0 Å². The van der Waals surface area contributed by atoms with Crippen LogP contribution in [-0.2, 0) is 6.54 Å². The minimum Gasteiger partial charge on any atom is -0.330 e. The van der Waals surface area contributed by atoms with Crippen molar-refractivity contribution in [1.82, 2.24) is 9.80 Å². The van der Waals surface area contributed by atoms with Crippen LogP contribution in [0.25, 0.3) is 0 Å². The van der Waals surface area contributed by atoms with Crippen molar-refractivity contribution in [3.05, 3.63) is 71.3 Å². The molecule has 5 nitrogen and oxygen atoms in total. The number of nitrogens with two attached hydrogens (primary N) is 1. The third-order valence-corrected chi connectivity index (χ3v) is 4.66. The zero-order chi connectivity index (χ0) is 18.4. The van der Waals surface area contributed by atoms with Crippen molar-refractivity contribution in [2.45, 2.75) is 19.4 Å². The molecule has 5 heteroatoms. The predicted octanol–water partition coefficient (Wildman–Crippen LogP) is 2.52. The Balaban J connectivity index is 1.56. The molecule has 0 fully saturated rings. The van der Waals surface area contributed by atoms with Crippen molar-refractivity contribution < 1.29 is 9.59 Å². The Morgan fingerprint density at radius 1 is 0.808 bits per heavy atom. The van der Waals surface area contributed by atoms with E-state index in [-0.39, 0.29) is 11.8 Å². The monoisotopic (exact) mass is 351 g/mol. The Labute approximate surface area is 154 Å². The third-order valence-electron chi connectivity index (χ3n) is 4.66. The van der Waals surface area contributed by atoms with Crippen LogP contribution in [0.4, 0.5) is 0 Å². The number of hydrogen-bond donors (Lipinski definition) is 1. The molecule has 0 bridgehead atoms. The van der Waals surface area contributed by atoms with Crippen molar-refractivity contribution in [1.29, 1.82) is 0 Å². The van der Waals surface area contributed by atoms with Crippen LogP contribution in [0.5, 0.6) is 0 Å². The Morgan fingerprint density at radius 2 is 1.38 bits per heavy atom. The smallest absolute Gasteiger partial charge is 0.261 e. The SMILES string of the molecule is NCCCN(CCCN1C(=O)c2ccccc2C1=O)Cc1ccccc1. The molecule has 0 spiro atoms. The standard InChI is InChI=1S/C21H25N3O2/c22-12-6-13-23(16-17-8-2-1-3-9-17)14-7-15-24-20(25)18-10-4-5-11-19(18)21(24)26/h1-5,8-11H,6-7,12-16,22H2. The third kappa shape index (κ3) is 4.18. The van der Waals surface area contributed by atoms with Gasteiger partial charge in [0, 0.05) is 19.6 Å². The normalized spacial score (nSPS) is 13.5. The van der Waals surface area contributed by atoms with Crippen LogP contribution in [0.2, 0.25) is 0 Å². The van der Waals surface area contributed by atoms with Crippen LogP contribution in [0, 0.1) is 0 Å². The fourth-order valence-electron chi connectivity index (χ4n) is 3.32. The van der Waals surface area contributed by atoms with E-state index in [1.807, 2.05) is 18.2 Å². The van der Waals surface area contributed by atoms with Gasteiger partial charge >= 0.3 is 0 Å². The quantitative estimate of drug-likeness (QED) is 0.705. The van der Waals surface area contributed by atoms with E-state index >= 15 is 0 Å². The second kappa shape index (κ2) is 8.74. The van der Waals surface area contributed by atoms with Crippen LogP contribution >= 0.6 is 0 Å². The van der Waals surface area contributed by atoms with Gasteiger partial charge in [-0.1, -0.05) is 42.5 Å². The molecule has 1 aliphatic heterocycles. The number of imide groups is 1. The summed E-state index contributed by atoms with van der Waals surface area (Å²) in [4.78, 5) is 28.5. The second-order valence-electron chi connectivity index (χ2n) is 6.57. The largest absolute Gasteiger partial charge is 0.330 e. The highest BCUT2D eigenvalue weighted by Gasteiger charge is 2.34. The molecular weight excluding hydrogens is 326 g/mol. The Hall–Kier alpha value is -2.50. The Bertz CT molecular complexity index is 726. The van der Waals surface area contributed by atoms with Gasteiger partial charge in [-0.25, -0.2) is 0 Å². The topological polar surface area (TPSA) is 66.6 Å². The summed E-state index contributed by atoms with van der Waals surface area (Å²) in [7, 11) is 0. The summed E-state index contributed by atoms with van der Waals surface area (Å²) in [5.41, 5.74) is 7.95. The van der Waals surface area contributed by atoms with Crippen molar-refractivity contribution in [3.8, 4) is 0 Å². The molecule has 3 rings (SSSR count). The van der Waals surface area contributed by atoms with Crippen molar-refractivity contribution in [2.24, 2.45) is 5.73 Å². The minimum absolute atomic E-state index is 0.179. The molecule has 2 aromatic rings. The molecule has 26 heavy (non-hydrogen) atoms. The number of carbonyl (C=O) groups is 2. The molecule has 0 saturated carbocycles. The first-order valence-corrected chi connectivity index (χ1v) is 9.12. The number of fused-ring (bicyclic) bond motifs is 1. The molecule has 2 N–H and O–H groups in total.